The average Bonchev–Trinajstić information content (AvgIpc) is 2.95. The van der Waals surface area contributed by atoms with E-state index in [1.807, 2.05) is 35.0 Å². The van der Waals surface area contributed by atoms with E-state index in [1.165, 1.54) is 0 Å². The molecule has 0 aliphatic rings. The van der Waals surface area contributed by atoms with Gasteiger partial charge in [0.15, 0.2) is 0 Å². The first kappa shape index (κ1) is 15.6. The third kappa shape index (κ3) is 4.33. The third-order valence-corrected chi connectivity index (χ3v) is 3.55. The highest BCUT2D eigenvalue weighted by Gasteiger charge is 2.12. The molecule has 0 aliphatic heterocycles. The molecule has 1 unspecified atom stereocenters. The van der Waals surface area contributed by atoms with Crippen molar-refractivity contribution < 1.29 is 9.84 Å². The summed E-state index contributed by atoms with van der Waals surface area (Å²) in [5, 5.41) is 10.3. The van der Waals surface area contributed by atoms with Crippen LogP contribution in [0, 0.1) is 0 Å². The summed E-state index contributed by atoms with van der Waals surface area (Å²) < 4.78 is 7.67. The van der Waals surface area contributed by atoms with Gasteiger partial charge in [0.2, 0.25) is 0 Å². The van der Waals surface area contributed by atoms with Crippen LogP contribution in [-0.2, 0) is 13.0 Å². The van der Waals surface area contributed by atoms with Crippen molar-refractivity contribution in [3.8, 4) is 5.75 Å². The summed E-state index contributed by atoms with van der Waals surface area (Å²) in [7, 11) is 0. The van der Waals surface area contributed by atoms with Crippen LogP contribution in [0.3, 0.4) is 0 Å². The highest BCUT2D eigenvalue weighted by atomic mass is 16.5. The zero-order valence-electron chi connectivity index (χ0n) is 12.8. The van der Waals surface area contributed by atoms with E-state index in [9.17, 15) is 5.11 Å². The van der Waals surface area contributed by atoms with E-state index in [0.717, 1.165) is 43.1 Å². The Balaban J connectivity index is 1.94. The summed E-state index contributed by atoms with van der Waals surface area (Å²) in [6, 6.07) is 7.68. The topological polar surface area (TPSA) is 47.3 Å². The van der Waals surface area contributed by atoms with E-state index in [0.29, 0.717) is 6.42 Å². The van der Waals surface area contributed by atoms with Crippen LogP contribution in [0.25, 0.3) is 0 Å². The van der Waals surface area contributed by atoms with E-state index in [1.54, 1.807) is 6.20 Å². The fourth-order valence-electron chi connectivity index (χ4n) is 2.23. The maximum absolute atomic E-state index is 10.3. The van der Waals surface area contributed by atoms with Gasteiger partial charge in [-0.25, -0.2) is 4.98 Å². The zero-order chi connectivity index (χ0) is 15.1. The van der Waals surface area contributed by atoms with Crippen LogP contribution in [0.1, 0.15) is 44.2 Å². The Kier molecular flexibility index (Phi) is 5.81. The fourth-order valence-corrected chi connectivity index (χ4v) is 2.23. The second-order valence-corrected chi connectivity index (χ2v) is 5.12. The molecule has 0 radical (unpaired) electrons. The van der Waals surface area contributed by atoms with Crippen molar-refractivity contribution in [1.82, 2.24) is 9.55 Å². The van der Waals surface area contributed by atoms with E-state index in [2.05, 4.69) is 18.8 Å². The summed E-state index contributed by atoms with van der Waals surface area (Å²) in [5.74, 6) is 1.77. The number of hydrogen-bond acceptors (Lipinski definition) is 3. The molecule has 1 N–H and O–H groups in total. The molecule has 4 nitrogen and oxygen atoms in total. The van der Waals surface area contributed by atoms with Gasteiger partial charge in [0.25, 0.3) is 0 Å². The lowest BCUT2D eigenvalue weighted by Crippen LogP contribution is -2.08. The number of aliphatic hydroxyl groups is 1. The molecule has 2 aromatic rings. The maximum atomic E-state index is 10.3. The molecule has 114 valence electrons. The summed E-state index contributed by atoms with van der Waals surface area (Å²) in [6.07, 6.45) is 5.88. The molecule has 2 rings (SSSR count). The molecule has 1 aromatic carbocycles. The van der Waals surface area contributed by atoms with Crippen molar-refractivity contribution >= 4 is 0 Å². The van der Waals surface area contributed by atoms with Crippen molar-refractivity contribution in [2.45, 2.75) is 45.8 Å². The van der Waals surface area contributed by atoms with Gasteiger partial charge in [0.1, 0.15) is 11.6 Å². The van der Waals surface area contributed by atoms with Crippen LogP contribution in [0.15, 0.2) is 36.7 Å². The number of aromatic nitrogens is 2. The van der Waals surface area contributed by atoms with Gasteiger partial charge in [-0.15, -0.1) is 0 Å². The number of imidazole rings is 1. The Morgan fingerprint density at radius 3 is 2.67 bits per heavy atom. The highest BCUT2D eigenvalue weighted by molar-refractivity contribution is 5.29. The van der Waals surface area contributed by atoms with Crippen LogP contribution < -0.4 is 4.74 Å². The van der Waals surface area contributed by atoms with Gasteiger partial charge in [-0.1, -0.05) is 25.5 Å². The second kappa shape index (κ2) is 7.84. The molecule has 0 saturated carbocycles. The predicted octanol–water partition coefficient (Wildman–Crippen LogP) is 3.36. The van der Waals surface area contributed by atoms with Crippen molar-refractivity contribution in [3.63, 3.8) is 0 Å². The fraction of sp³-hybridized carbons (Fsp3) is 0.471. The monoisotopic (exact) mass is 288 g/mol. The number of ether oxygens (including phenoxy) is 1. The minimum Gasteiger partial charge on any atom is -0.494 e. The van der Waals surface area contributed by atoms with Crippen LogP contribution >= 0.6 is 0 Å². The average molecular weight is 288 g/mol. The Morgan fingerprint density at radius 2 is 2.00 bits per heavy atom. The molecule has 21 heavy (non-hydrogen) atoms. The molecule has 4 heteroatoms. The number of aliphatic hydroxyl groups excluding tert-OH is 1. The SMILES string of the molecule is CCCCOc1ccc(C(O)Cc2nccn2CC)cc1. The molecule has 1 aromatic heterocycles. The number of hydrogen-bond donors (Lipinski definition) is 1. The zero-order valence-corrected chi connectivity index (χ0v) is 12.8. The number of benzene rings is 1. The van der Waals surface area contributed by atoms with Gasteiger partial charge in [0, 0.05) is 25.4 Å². The van der Waals surface area contributed by atoms with E-state index < -0.39 is 6.10 Å². The minimum atomic E-state index is -0.539. The second-order valence-electron chi connectivity index (χ2n) is 5.12. The normalized spacial score (nSPS) is 12.3. The van der Waals surface area contributed by atoms with E-state index >= 15 is 0 Å². The molecule has 0 fully saturated rings. The molecule has 0 amide bonds. The van der Waals surface area contributed by atoms with Gasteiger partial charge in [-0.3, -0.25) is 0 Å². The Hall–Kier alpha value is -1.81. The standard InChI is InChI=1S/C17H24N2O2/c1-3-5-12-21-15-8-6-14(7-9-15)16(20)13-17-18-10-11-19(17)4-2/h6-11,16,20H,3-5,12-13H2,1-2H3. The molecular formula is C17H24N2O2. The van der Waals surface area contributed by atoms with Crippen LogP contribution in [0.4, 0.5) is 0 Å². The number of nitrogens with zero attached hydrogens (tertiary/aromatic N) is 2. The Morgan fingerprint density at radius 1 is 1.24 bits per heavy atom. The van der Waals surface area contributed by atoms with Crippen LogP contribution in [-0.4, -0.2) is 21.3 Å². The summed E-state index contributed by atoms with van der Waals surface area (Å²) in [6.45, 7) is 5.82. The number of unbranched alkanes of at least 4 members (excludes halogenated alkanes) is 1. The summed E-state index contributed by atoms with van der Waals surface area (Å²) in [4.78, 5) is 4.30. The maximum Gasteiger partial charge on any atom is 0.119 e. The molecule has 0 spiro atoms. The molecule has 1 heterocycles. The number of rotatable bonds is 8. The lowest BCUT2D eigenvalue weighted by atomic mass is 10.1. The van der Waals surface area contributed by atoms with E-state index in [4.69, 9.17) is 4.74 Å². The van der Waals surface area contributed by atoms with Crippen molar-refractivity contribution in [2.75, 3.05) is 6.61 Å². The lowest BCUT2D eigenvalue weighted by Gasteiger charge is -2.13. The van der Waals surface area contributed by atoms with Crippen molar-refractivity contribution in [3.05, 3.63) is 48.0 Å². The third-order valence-electron chi connectivity index (χ3n) is 3.55. The van der Waals surface area contributed by atoms with Crippen LogP contribution in [0.2, 0.25) is 0 Å². The highest BCUT2D eigenvalue weighted by Crippen LogP contribution is 2.21. The van der Waals surface area contributed by atoms with Crippen LogP contribution in [0.5, 0.6) is 5.75 Å². The first-order valence-electron chi connectivity index (χ1n) is 7.65. The number of aryl methyl sites for hydroxylation is 1. The largest absolute Gasteiger partial charge is 0.494 e. The molecule has 0 bridgehead atoms. The van der Waals surface area contributed by atoms with Crippen molar-refractivity contribution in [2.24, 2.45) is 0 Å². The van der Waals surface area contributed by atoms with Crippen molar-refractivity contribution in [1.29, 1.82) is 0 Å². The summed E-state index contributed by atoms with van der Waals surface area (Å²) >= 11 is 0. The Bertz CT molecular complexity index is 534. The molecule has 0 saturated heterocycles. The lowest BCUT2D eigenvalue weighted by molar-refractivity contribution is 0.174. The van der Waals surface area contributed by atoms with Gasteiger partial charge in [-0.2, -0.15) is 0 Å². The minimum absolute atomic E-state index is 0.525. The summed E-state index contributed by atoms with van der Waals surface area (Å²) in [5.41, 5.74) is 0.892. The quantitative estimate of drug-likeness (QED) is 0.758. The van der Waals surface area contributed by atoms with E-state index in [-0.39, 0.29) is 0 Å². The predicted molar refractivity (Wildman–Crippen MR) is 83.4 cm³/mol. The van der Waals surface area contributed by atoms with Gasteiger partial charge in [-0.05, 0) is 31.0 Å². The Labute approximate surface area is 126 Å². The molecule has 1 atom stereocenters. The van der Waals surface area contributed by atoms with Gasteiger partial charge in [0.05, 0.1) is 12.7 Å². The molecule has 0 aliphatic carbocycles. The first-order valence-corrected chi connectivity index (χ1v) is 7.65. The van der Waals surface area contributed by atoms with Gasteiger partial charge >= 0.3 is 0 Å². The molecular weight excluding hydrogens is 264 g/mol. The smallest absolute Gasteiger partial charge is 0.119 e. The first-order chi connectivity index (χ1) is 10.2. The van der Waals surface area contributed by atoms with Gasteiger partial charge < -0.3 is 14.4 Å².